The van der Waals surface area contributed by atoms with Crippen LogP contribution in [0.2, 0.25) is 0 Å². The number of alkyl carbamates (subject to hydrolysis) is 1. The lowest BCUT2D eigenvalue weighted by molar-refractivity contribution is 0.122. The van der Waals surface area contributed by atoms with E-state index < -0.39 is 22.2 Å². The van der Waals surface area contributed by atoms with Gasteiger partial charge in [0, 0.05) is 19.2 Å². The Balaban J connectivity index is 1.41. The molecule has 39 heavy (non-hydrogen) atoms. The van der Waals surface area contributed by atoms with E-state index in [1.54, 1.807) is 30.5 Å². The van der Waals surface area contributed by atoms with E-state index in [1.165, 1.54) is 22.8 Å². The molecule has 1 amide bonds. The van der Waals surface area contributed by atoms with Gasteiger partial charge >= 0.3 is 6.09 Å². The zero-order chi connectivity index (χ0) is 28.0. The zero-order valence-electron chi connectivity index (χ0n) is 21.7. The highest BCUT2D eigenvalue weighted by molar-refractivity contribution is 7.92. The molecule has 2 heterocycles. The molecule has 0 bridgehead atoms. The molecule has 1 atom stereocenters. The molecule has 0 spiro atoms. The number of aliphatic hydroxyl groups excluding tert-OH is 1. The maximum atomic E-state index is 13.7. The molecule has 2 aromatic carbocycles. The molecule has 4 rings (SSSR count). The molecule has 5 N–H and O–H groups in total. The topological polar surface area (TPSA) is 177 Å². The fourth-order valence-electron chi connectivity index (χ4n) is 3.95. The van der Waals surface area contributed by atoms with Gasteiger partial charge in [-0.3, -0.25) is 4.31 Å². The molecule has 4 aromatic rings. The van der Waals surface area contributed by atoms with E-state index in [0.29, 0.717) is 35.3 Å². The number of oxazole rings is 1. The van der Waals surface area contributed by atoms with Crippen LogP contribution in [-0.4, -0.2) is 53.8 Å². The third-order valence-corrected chi connectivity index (χ3v) is 7.65. The second-order valence-electron chi connectivity index (χ2n) is 9.51. The van der Waals surface area contributed by atoms with Gasteiger partial charge in [-0.2, -0.15) is 4.98 Å². The maximum Gasteiger partial charge on any atom is 0.407 e. The monoisotopic (exact) mass is 556 g/mol. The van der Waals surface area contributed by atoms with E-state index >= 15 is 0 Å². The number of carbonyl (C=O) groups excluding carboxylic acids is 1. The summed E-state index contributed by atoms with van der Waals surface area (Å²) >= 11 is 0. The third-order valence-electron chi connectivity index (χ3n) is 5.86. The van der Waals surface area contributed by atoms with Gasteiger partial charge in [0.1, 0.15) is 12.1 Å². The standard InChI is InChI=1S/C26H32N6O6S/c1-17(2)14-32(39(35,36)22-8-9-23-24(11-22)38-25(27)31-23)20-5-3-4-18(10-20)6-7-21(33)13-29-26(34)37-15-19-12-28-16-30-19/h3-5,8-12,16-17,21,33H,6-7,13-15H2,1-2H3,(H2,27,31)(H,28,30)(H,29,34). The highest BCUT2D eigenvalue weighted by atomic mass is 32.2. The minimum Gasteiger partial charge on any atom is -0.443 e. The average Bonchev–Trinajstić information content (AvgIpc) is 3.56. The predicted octanol–water partition coefficient (Wildman–Crippen LogP) is 3.20. The number of H-pyrrole nitrogens is 1. The molecule has 13 heteroatoms. The number of benzene rings is 2. The van der Waals surface area contributed by atoms with Gasteiger partial charge in [0.2, 0.25) is 0 Å². The Morgan fingerprint density at radius 2 is 2.08 bits per heavy atom. The number of nitrogens with one attached hydrogen (secondary N) is 2. The third kappa shape index (κ3) is 7.27. The number of carbonyl (C=O) groups is 1. The quantitative estimate of drug-likeness (QED) is 0.204. The van der Waals surface area contributed by atoms with Crippen molar-refractivity contribution >= 4 is 38.9 Å². The van der Waals surface area contributed by atoms with Gasteiger partial charge in [0.15, 0.2) is 5.58 Å². The van der Waals surface area contributed by atoms with Crippen molar-refractivity contribution in [1.82, 2.24) is 20.3 Å². The van der Waals surface area contributed by atoms with Crippen LogP contribution in [0.25, 0.3) is 11.1 Å². The van der Waals surface area contributed by atoms with Crippen molar-refractivity contribution in [2.24, 2.45) is 5.92 Å². The summed E-state index contributed by atoms with van der Waals surface area (Å²) in [6, 6.07) is 11.6. The number of ether oxygens (including phenoxy) is 1. The summed E-state index contributed by atoms with van der Waals surface area (Å²) in [7, 11) is -3.93. The van der Waals surface area contributed by atoms with Crippen LogP contribution in [0.1, 0.15) is 31.5 Å². The van der Waals surface area contributed by atoms with E-state index in [4.69, 9.17) is 14.9 Å². The van der Waals surface area contributed by atoms with Crippen molar-refractivity contribution in [3.63, 3.8) is 0 Å². The first-order valence-corrected chi connectivity index (χ1v) is 13.9. The van der Waals surface area contributed by atoms with E-state index in [9.17, 15) is 18.3 Å². The number of fused-ring (bicyclic) bond motifs is 1. The number of aromatic amines is 1. The van der Waals surface area contributed by atoms with Crippen LogP contribution in [0, 0.1) is 5.92 Å². The number of nitrogens with two attached hydrogens (primary N) is 1. The van der Waals surface area contributed by atoms with Crippen LogP contribution >= 0.6 is 0 Å². The van der Waals surface area contributed by atoms with Crippen LogP contribution in [-0.2, 0) is 27.8 Å². The molecule has 208 valence electrons. The zero-order valence-corrected chi connectivity index (χ0v) is 22.5. The Morgan fingerprint density at radius 3 is 2.82 bits per heavy atom. The van der Waals surface area contributed by atoms with Crippen molar-refractivity contribution in [2.45, 2.75) is 44.3 Å². The number of aromatic nitrogens is 3. The number of hydrogen-bond acceptors (Lipinski definition) is 9. The van der Waals surface area contributed by atoms with Gasteiger partial charge in [0.25, 0.3) is 16.0 Å². The van der Waals surface area contributed by atoms with E-state index in [1.807, 2.05) is 19.9 Å². The fourth-order valence-corrected chi connectivity index (χ4v) is 5.58. The predicted molar refractivity (Wildman–Crippen MR) is 145 cm³/mol. The minimum absolute atomic E-state index is 0.0178. The number of hydrogen-bond donors (Lipinski definition) is 4. The summed E-state index contributed by atoms with van der Waals surface area (Å²) < 4.78 is 39.2. The Hall–Kier alpha value is -4.10. The maximum absolute atomic E-state index is 13.7. The molecule has 0 saturated carbocycles. The van der Waals surface area contributed by atoms with Gasteiger partial charge in [0.05, 0.1) is 34.9 Å². The summed E-state index contributed by atoms with van der Waals surface area (Å²) in [6.45, 7) is 4.20. The van der Waals surface area contributed by atoms with Crippen LogP contribution in [0.15, 0.2) is 64.3 Å². The Bertz CT molecular complexity index is 1500. The lowest BCUT2D eigenvalue weighted by Gasteiger charge is -2.26. The molecule has 0 aliphatic rings. The first kappa shape index (κ1) is 27.9. The van der Waals surface area contributed by atoms with Crippen LogP contribution in [0.3, 0.4) is 0 Å². The number of anilines is 2. The van der Waals surface area contributed by atoms with Crippen molar-refractivity contribution in [3.05, 3.63) is 66.2 Å². The number of aliphatic hydroxyl groups is 1. The number of rotatable bonds is 12. The number of aryl methyl sites for hydroxylation is 1. The number of imidazole rings is 1. The fraction of sp³-hybridized carbons (Fsp3) is 0.346. The van der Waals surface area contributed by atoms with E-state index in [2.05, 4.69) is 20.3 Å². The number of nitrogens with zero attached hydrogens (tertiary/aromatic N) is 3. The summed E-state index contributed by atoms with van der Waals surface area (Å²) in [6.07, 6.45) is 2.40. The minimum atomic E-state index is -3.93. The first-order chi connectivity index (χ1) is 18.6. The second-order valence-corrected chi connectivity index (χ2v) is 11.4. The molecule has 0 fully saturated rings. The highest BCUT2D eigenvalue weighted by Crippen LogP contribution is 2.29. The Morgan fingerprint density at radius 1 is 1.26 bits per heavy atom. The van der Waals surface area contributed by atoms with Crippen LogP contribution in [0.4, 0.5) is 16.5 Å². The highest BCUT2D eigenvalue weighted by Gasteiger charge is 2.27. The molecule has 0 aliphatic carbocycles. The molecule has 2 aromatic heterocycles. The molecule has 0 saturated heterocycles. The van der Waals surface area contributed by atoms with Crippen LogP contribution in [0.5, 0.6) is 0 Å². The van der Waals surface area contributed by atoms with E-state index in [-0.39, 0.29) is 36.5 Å². The Labute approximate surface area is 226 Å². The second kappa shape index (κ2) is 12.2. The van der Waals surface area contributed by atoms with Gasteiger partial charge in [-0.1, -0.05) is 26.0 Å². The van der Waals surface area contributed by atoms with Crippen LogP contribution < -0.4 is 15.4 Å². The summed E-state index contributed by atoms with van der Waals surface area (Å²) in [5.74, 6) is 0.0500. The van der Waals surface area contributed by atoms with Gasteiger partial charge in [-0.05, 0) is 48.6 Å². The van der Waals surface area contributed by atoms with Crippen molar-refractivity contribution in [1.29, 1.82) is 0 Å². The van der Waals surface area contributed by atoms with Crippen molar-refractivity contribution < 1.29 is 27.5 Å². The number of amides is 1. The normalized spacial score (nSPS) is 12.5. The summed E-state index contributed by atoms with van der Waals surface area (Å²) in [5, 5.41) is 12.9. The van der Waals surface area contributed by atoms with Crippen molar-refractivity contribution in [2.75, 3.05) is 23.1 Å². The summed E-state index contributed by atoms with van der Waals surface area (Å²) in [4.78, 5) is 22.6. The molecular formula is C26H32N6O6S. The molecule has 1 unspecified atom stereocenters. The first-order valence-electron chi connectivity index (χ1n) is 12.5. The smallest absolute Gasteiger partial charge is 0.407 e. The molecule has 12 nitrogen and oxygen atoms in total. The van der Waals surface area contributed by atoms with Crippen molar-refractivity contribution in [3.8, 4) is 0 Å². The largest absolute Gasteiger partial charge is 0.443 e. The van der Waals surface area contributed by atoms with Gasteiger partial charge in [-0.15, -0.1) is 0 Å². The van der Waals surface area contributed by atoms with Gasteiger partial charge in [-0.25, -0.2) is 18.2 Å². The number of sulfonamides is 1. The number of nitrogen functional groups attached to an aromatic ring is 1. The summed E-state index contributed by atoms with van der Waals surface area (Å²) in [5.41, 5.74) is 8.38. The lowest BCUT2D eigenvalue weighted by Crippen LogP contribution is -2.34. The SMILES string of the molecule is CC(C)CN(c1cccc(CCC(O)CNC(=O)OCc2cnc[nH]2)c1)S(=O)(=O)c1ccc2nc(N)oc2c1. The molecule has 0 radical (unpaired) electrons. The Kier molecular flexibility index (Phi) is 8.72. The van der Waals surface area contributed by atoms with Gasteiger partial charge < -0.3 is 30.3 Å². The van der Waals surface area contributed by atoms with E-state index in [0.717, 1.165) is 5.56 Å². The molecular weight excluding hydrogens is 524 g/mol. The molecule has 0 aliphatic heterocycles. The average molecular weight is 557 g/mol. The lowest BCUT2D eigenvalue weighted by atomic mass is 10.1.